The molecule has 2 atom stereocenters. The molecular formula is C16H22N2O2. The van der Waals surface area contributed by atoms with Gasteiger partial charge >= 0.3 is 0 Å². The van der Waals surface area contributed by atoms with E-state index in [1.165, 1.54) is 5.56 Å². The average Bonchev–Trinajstić information content (AvgIpc) is 3.01. The summed E-state index contributed by atoms with van der Waals surface area (Å²) in [5.41, 5.74) is 2.05. The van der Waals surface area contributed by atoms with Crippen molar-refractivity contribution in [2.45, 2.75) is 18.9 Å². The summed E-state index contributed by atoms with van der Waals surface area (Å²) in [5, 5.41) is 3.36. The van der Waals surface area contributed by atoms with Crippen LogP contribution in [0.25, 0.3) is 0 Å². The van der Waals surface area contributed by atoms with Gasteiger partial charge in [0.25, 0.3) is 5.91 Å². The van der Waals surface area contributed by atoms with Crippen molar-refractivity contribution < 1.29 is 9.53 Å². The van der Waals surface area contributed by atoms with Gasteiger partial charge in [0.1, 0.15) is 0 Å². The lowest BCUT2D eigenvalue weighted by atomic mass is 9.95. The molecule has 0 saturated carbocycles. The molecule has 4 nitrogen and oxygen atoms in total. The Labute approximate surface area is 120 Å². The second-order valence-electron chi connectivity index (χ2n) is 5.68. The Kier molecular flexibility index (Phi) is 4.03. The van der Waals surface area contributed by atoms with Gasteiger partial charge in [0.05, 0.1) is 6.61 Å². The summed E-state index contributed by atoms with van der Waals surface area (Å²) in [7, 11) is 1.98. The van der Waals surface area contributed by atoms with Gasteiger partial charge in [0.15, 0.2) is 0 Å². The van der Waals surface area contributed by atoms with E-state index in [1.54, 1.807) is 0 Å². The summed E-state index contributed by atoms with van der Waals surface area (Å²) in [5.74, 6) is 0.691. The standard InChI is InChI=1S/C16H22N2O2/c1-17-15(13-7-9-20-11-13)10-18-8-6-12-4-2-3-5-14(12)16(18)19/h2-5,13,15,17H,6-11H2,1H3. The Morgan fingerprint density at radius 2 is 2.30 bits per heavy atom. The Balaban J connectivity index is 1.70. The molecule has 0 aromatic heterocycles. The van der Waals surface area contributed by atoms with Crippen LogP contribution in [0, 0.1) is 5.92 Å². The SMILES string of the molecule is CNC(CN1CCc2ccccc2C1=O)C1CCOC1. The number of benzene rings is 1. The zero-order valence-corrected chi connectivity index (χ0v) is 12.0. The van der Waals surface area contributed by atoms with Crippen LogP contribution in [0.5, 0.6) is 0 Å². The number of carbonyl (C=O) groups excluding carboxylic acids is 1. The maximum atomic E-state index is 12.5. The smallest absolute Gasteiger partial charge is 0.254 e. The monoisotopic (exact) mass is 274 g/mol. The normalized spacial score (nSPS) is 23.8. The van der Waals surface area contributed by atoms with E-state index >= 15 is 0 Å². The van der Waals surface area contributed by atoms with Crippen molar-refractivity contribution in [2.24, 2.45) is 5.92 Å². The van der Waals surface area contributed by atoms with Gasteiger partial charge in [0, 0.05) is 37.2 Å². The van der Waals surface area contributed by atoms with Gasteiger partial charge < -0.3 is 15.0 Å². The van der Waals surface area contributed by atoms with Gasteiger partial charge in [-0.2, -0.15) is 0 Å². The number of amides is 1. The Bertz CT molecular complexity index is 483. The highest BCUT2D eigenvalue weighted by Crippen LogP contribution is 2.22. The molecule has 1 N–H and O–H groups in total. The fourth-order valence-electron chi connectivity index (χ4n) is 3.23. The highest BCUT2D eigenvalue weighted by atomic mass is 16.5. The van der Waals surface area contributed by atoms with E-state index in [0.717, 1.165) is 44.7 Å². The van der Waals surface area contributed by atoms with Crippen LogP contribution in [-0.2, 0) is 11.2 Å². The molecule has 1 saturated heterocycles. The van der Waals surface area contributed by atoms with Crippen LogP contribution in [0.3, 0.4) is 0 Å². The Morgan fingerprint density at radius 1 is 1.45 bits per heavy atom. The topological polar surface area (TPSA) is 41.6 Å². The van der Waals surface area contributed by atoms with Crippen LogP contribution < -0.4 is 5.32 Å². The summed E-state index contributed by atoms with van der Waals surface area (Å²) in [6.07, 6.45) is 2.05. The molecule has 4 heteroatoms. The van der Waals surface area contributed by atoms with Gasteiger partial charge in [0.2, 0.25) is 0 Å². The zero-order chi connectivity index (χ0) is 13.9. The number of carbonyl (C=O) groups is 1. The van der Waals surface area contributed by atoms with Crippen molar-refractivity contribution in [1.29, 1.82) is 0 Å². The van der Waals surface area contributed by atoms with Crippen molar-refractivity contribution in [3.63, 3.8) is 0 Å². The molecule has 1 fully saturated rings. The number of fused-ring (bicyclic) bond motifs is 1. The van der Waals surface area contributed by atoms with Crippen LogP contribution >= 0.6 is 0 Å². The fourth-order valence-corrected chi connectivity index (χ4v) is 3.23. The van der Waals surface area contributed by atoms with Crippen LogP contribution in [0.4, 0.5) is 0 Å². The third-order valence-electron chi connectivity index (χ3n) is 4.51. The highest BCUT2D eigenvalue weighted by Gasteiger charge is 2.30. The van der Waals surface area contributed by atoms with Gasteiger partial charge in [-0.3, -0.25) is 4.79 Å². The van der Waals surface area contributed by atoms with E-state index in [-0.39, 0.29) is 5.91 Å². The van der Waals surface area contributed by atoms with Crippen molar-refractivity contribution >= 4 is 5.91 Å². The lowest BCUT2D eigenvalue weighted by Gasteiger charge is -2.33. The first-order valence-electron chi connectivity index (χ1n) is 7.42. The molecule has 108 valence electrons. The number of hydrogen-bond donors (Lipinski definition) is 1. The van der Waals surface area contributed by atoms with E-state index in [0.29, 0.717) is 12.0 Å². The van der Waals surface area contributed by atoms with Crippen molar-refractivity contribution in [3.8, 4) is 0 Å². The maximum Gasteiger partial charge on any atom is 0.254 e. The lowest BCUT2D eigenvalue weighted by molar-refractivity contribution is 0.0703. The minimum Gasteiger partial charge on any atom is -0.381 e. The number of nitrogens with zero attached hydrogens (tertiary/aromatic N) is 1. The van der Waals surface area contributed by atoms with Crippen molar-refractivity contribution in [2.75, 3.05) is 33.4 Å². The number of ether oxygens (including phenoxy) is 1. The molecule has 1 aromatic carbocycles. The average molecular weight is 274 g/mol. The number of nitrogens with one attached hydrogen (secondary N) is 1. The van der Waals surface area contributed by atoms with Gasteiger partial charge in [-0.1, -0.05) is 18.2 Å². The van der Waals surface area contributed by atoms with E-state index in [1.807, 2.05) is 30.1 Å². The summed E-state index contributed by atoms with van der Waals surface area (Å²) >= 11 is 0. The molecule has 2 aliphatic rings. The summed E-state index contributed by atoms with van der Waals surface area (Å²) in [6.45, 7) is 3.25. The Morgan fingerprint density at radius 3 is 3.05 bits per heavy atom. The molecule has 2 aliphatic heterocycles. The highest BCUT2D eigenvalue weighted by molar-refractivity contribution is 5.96. The molecular weight excluding hydrogens is 252 g/mol. The summed E-state index contributed by atoms with van der Waals surface area (Å²) in [6, 6.07) is 8.28. The van der Waals surface area contributed by atoms with E-state index in [2.05, 4.69) is 11.4 Å². The van der Waals surface area contributed by atoms with Crippen molar-refractivity contribution in [3.05, 3.63) is 35.4 Å². The number of hydrogen-bond acceptors (Lipinski definition) is 3. The fraction of sp³-hybridized carbons (Fsp3) is 0.562. The molecule has 0 bridgehead atoms. The minimum atomic E-state index is 0.172. The molecule has 2 unspecified atom stereocenters. The predicted molar refractivity (Wildman–Crippen MR) is 77.8 cm³/mol. The number of likely N-dealkylation sites (N-methyl/N-ethyl adjacent to an activating group) is 1. The largest absolute Gasteiger partial charge is 0.381 e. The quantitative estimate of drug-likeness (QED) is 0.900. The molecule has 20 heavy (non-hydrogen) atoms. The molecule has 1 amide bonds. The molecule has 0 aliphatic carbocycles. The van der Waals surface area contributed by atoms with Gasteiger partial charge in [-0.05, 0) is 31.5 Å². The summed E-state index contributed by atoms with van der Waals surface area (Å²) < 4.78 is 5.47. The lowest BCUT2D eigenvalue weighted by Crippen LogP contribution is -2.48. The van der Waals surface area contributed by atoms with Gasteiger partial charge in [-0.25, -0.2) is 0 Å². The number of rotatable bonds is 4. The first kappa shape index (κ1) is 13.6. The maximum absolute atomic E-state index is 12.5. The van der Waals surface area contributed by atoms with Crippen LogP contribution in [0.15, 0.2) is 24.3 Å². The third-order valence-corrected chi connectivity index (χ3v) is 4.51. The third kappa shape index (κ3) is 2.58. The minimum absolute atomic E-state index is 0.172. The predicted octanol–water partition coefficient (Wildman–Crippen LogP) is 1.31. The second kappa shape index (κ2) is 5.94. The molecule has 2 heterocycles. The molecule has 0 radical (unpaired) electrons. The zero-order valence-electron chi connectivity index (χ0n) is 12.0. The first-order chi connectivity index (χ1) is 9.79. The van der Waals surface area contributed by atoms with E-state index < -0.39 is 0 Å². The van der Waals surface area contributed by atoms with E-state index in [4.69, 9.17) is 4.74 Å². The molecule has 1 aromatic rings. The summed E-state index contributed by atoms with van der Waals surface area (Å²) in [4.78, 5) is 14.5. The molecule has 3 rings (SSSR count). The Hall–Kier alpha value is -1.39. The first-order valence-corrected chi connectivity index (χ1v) is 7.42. The van der Waals surface area contributed by atoms with Crippen LogP contribution in [0.1, 0.15) is 22.3 Å². The van der Waals surface area contributed by atoms with Crippen LogP contribution in [0.2, 0.25) is 0 Å². The van der Waals surface area contributed by atoms with Crippen LogP contribution in [-0.4, -0.2) is 50.2 Å². The second-order valence-corrected chi connectivity index (χ2v) is 5.68. The van der Waals surface area contributed by atoms with E-state index in [9.17, 15) is 4.79 Å². The van der Waals surface area contributed by atoms with Gasteiger partial charge in [-0.15, -0.1) is 0 Å². The van der Waals surface area contributed by atoms with Crippen molar-refractivity contribution in [1.82, 2.24) is 10.2 Å². The molecule has 0 spiro atoms.